The zero-order valence-electron chi connectivity index (χ0n) is 12.2. The van der Waals surface area contributed by atoms with Gasteiger partial charge >= 0.3 is 0 Å². The van der Waals surface area contributed by atoms with Crippen LogP contribution in [0.1, 0.15) is 22.5 Å². The largest absolute Gasteiger partial charge is 0.348 e. The SMILES string of the molecule is Cc1c(C(=O)NC2CCNC2)cnn1-c1ccc(Br)cc1.Cl. The molecular weight excluding hydrogens is 368 g/mol. The van der Waals surface area contributed by atoms with E-state index >= 15 is 0 Å². The Bertz CT molecular complexity index is 650. The van der Waals surface area contributed by atoms with Gasteiger partial charge in [-0.2, -0.15) is 5.10 Å². The second-order valence-corrected chi connectivity index (χ2v) is 6.11. The van der Waals surface area contributed by atoms with Crippen LogP contribution >= 0.6 is 28.3 Å². The molecule has 0 saturated carbocycles. The highest BCUT2D eigenvalue weighted by Gasteiger charge is 2.20. The van der Waals surface area contributed by atoms with Crippen molar-refractivity contribution in [1.29, 1.82) is 0 Å². The molecule has 2 N–H and O–H groups in total. The van der Waals surface area contributed by atoms with Crippen molar-refractivity contribution < 1.29 is 4.79 Å². The molecule has 7 heteroatoms. The Labute approximate surface area is 144 Å². The van der Waals surface area contributed by atoms with Crippen molar-refractivity contribution in [3.63, 3.8) is 0 Å². The van der Waals surface area contributed by atoms with Crippen molar-refractivity contribution in [3.8, 4) is 5.69 Å². The van der Waals surface area contributed by atoms with E-state index < -0.39 is 0 Å². The second kappa shape index (κ2) is 7.26. The van der Waals surface area contributed by atoms with Gasteiger partial charge in [0.05, 0.1) is 23.1 Å². The van der Waals surface area contributed by atoms with Gasteiger partial charge in [0, 0.05) is 17.1 Å². The summed E-state index contributed by atoms with van der Waals surface area (Å²) in [5.74, 6) is -0.0513. The van der Waals surface area contributed by atoms with Gasteiger partial charge in [-0.25, -0.2) is 4.68 Å². The molecule has 3 rings (SSSR count). The molecule has 1 fully saturated rings. The number of hydrogen-bond donors (Lipinski definition) is 2. The smallest absolute Gasteiger partial charge is 0.255 e. The number of rotatable bonds is 3. The molecule has 1 aliphatic rings. The lowest BCUT2D eigenvalue weighted by Gasteiger charge is -2.11. The first kappa shape index (κ1) is 17.0. The van der Waals surface area contributed by atoms with Crippen molar-refractivity contribution in [3.05, 3.63) is 46.2 Å². The molecule has 1 aliphatic heterocycles. The van der Waals surface area contributed by atoms with E-state index in [1.807, 2.05) is 31.2 Å². The highest BCUT2D eigenvalue weighted by atomic mass is 79.9. The minimum absolute atomic E-state index is 0. The van der Waals surface area contributed by atoms with Crippen molar-refractivity contribution in [2.24, 2.45) is 0 Å². The third-order valence-electron chi connectivity index (χ3n) is 3.72. The number of hydrogen-bond acceptors (Lipinski definition) is 3. The van der Waals surface area contributed by atoms with Crippen LogP contribution in [0, 0.1) is 6.92 Å². The molecule has 118 valence electrons. The van der Waals surface area contributed by atoms with Crippen LogP contribution in [-0.2, 0) is 0 Å². The monoisotopic (exact) mass is 384 g/mol. The fraction of sp³-hybridized carbons (Fsp3) is 0.333. The summed E-state index contributed by atoms with van der Waals surface area (Å²) in [6, 6.07) is 8.06. The molecule has 2 heterocycles. The lowest BCUT2D eigenvalue weighted by Crippen LogP contribution is -2.36. The number of nitrogens with zero attached hydrogens (tertiary/aromatic N) is 2. The van der Waals surface area contributed by atoms with Crippen LogP contribution in [0.2, 0.25) is 0 Å². The maximum atomic E-state index is 12.3. The number of carbonyl (C=O) groups excluding carboxylic acids is 1. The van der Waals surface area contributed by atoms with Gasteiger partial charge in [0.2, 0.25) is 0 Å². The number of aromatic nitrogens is 2. The van der Waals surface area contributed by atoms with Gasteiger partial charge in [0.25, 0.3) is 5.91 Å². The molecule has 0 aliphatic carbocycles. The molecule has 1 saturated heterocycles. The van der Waals surface area contributed by atoms with Gasteiger partial charge in [0.15, 0.2) is 0 Å². The van der Waals surface area contributed by atoms with Crippen molar-refractivity contribution in [2.75, 3.05) is 13.1 Å². The number of benzene rings is 1. The minimum atomic E-state index is -0.0513. The summed E-state index contributed by atoms with van der Waals surface area (Å²) in [7, 11) is 0. The zero-order chi connectivity index (χ0) is 14.8. The Hall–Kier alpha value is -1.37. The summed E-state index contributed by atoms with van der Waals surface area (Å²) in [6.45, 7) is 3.71. The fourth-order valence-corrected chi connectivity index (χ4v) is 2.78. The highest BCUT2D eigenvalue weighted by Crippen LogP contribution is 2.17. The standard InChI is InChI=1S/C15H17BrN4O.ClH/c1-10-14(15(21)19-12-6-7-17-8-12)9-18-20(10)13-4-2-11(16)3-5-13;/h2-5,9,12,17H,6-8H2,1H3,(H,19,21);1H. The second-order valence-electron chi connectivity index (χ2n) is 5.20. The van der Waals surface area contributed by atoms with Crippen LogP contribution < -0.4 is 10.6 Å². The van der Waals surface area contributed by atoms with E-state index in [-0.39, 0.29) is 24.4 Å². The Balaban J connectivity index is 0.00000176. The van der Waals surface area contributed by atoms with Crippen LogP contribution in [-0.4, -0.2) is 34.8 Å². The first-order chi connectivity index (χ1) is 10.1. The van der Waals surface area contributed by atoms with Crippen molar-refractivity contribution >= 4 is 34.2 Å². The average Bonchev–Trinajstić information content (AvgIpc) is 3.09. The Morgan fingerprint density at radius 2 is 2.14 bits per heavy atom. The third-order valence-corrected chi connectivity index (χ3v) is 4.25. The van der Waals surface area contributed by atoms with Crippen LogP contribution in [0.25, 0.3) is 5.69 Å². The first-order valence-corrected chi connectivity index (χ1v) is 7.76. The molecule has 1 aromatic carbocycles. The van der Waals surface area contributed by atoms with Crippen LogP contribution in [0.15, 0.2) is 34.9 Å². The highest BCUT2D eigenvalue weighted by molar-refractivity contribution is 9.10. The molecule has 1 amide bonds. The number of halogens is 2. The van der Waals surface area contributed by atoms with E-state index in [0.717, 1.165) is 35.4 Å². The Kier molecular flexibility index (Phi) is 5.61. The Morgan fingerprint density at radius 1 is 1.41 bits per heavy atom. The summed E-state index contributed by atoms with van der Waals surface area (Å²) in [5.41, 5.74) is 2.42. The third kappa shape index (κ3) is 3.51. The Morgan fingerprint density at radius 3 is 2.77 bits per heavy atom. The number of carbonyl (C=O) groups is 1. The molecule has 0 spiro atoms. The van der Waals surface area contributed by atoms with E-state index in [9.17, 15) is 4.79 Å². The van der Waals surface area contributed by atoms with Gasteiger partial charge in [-0.05, 0) is 44.2 Å². The van der Waals surface area contributed by atoms with Crippen LogP contribution in [0.3, 0.4) is 0 Å². The van der Waals surface area contributed by atoms with E-state index in [1.54, 1.807) is 10.9 Å². The lowest BCUT2D eigenvalue weighted by atomic mass is 10.2. The summed E-state index contributed by atoms with van der Waals surface area (Å²) in [6.07, 6.45) is 2.61. The van der Waals surface area contributed by atoms with Gasteiger partial charge in [0.1, 0.15) is 0 Å². The molecule has 1 unspecified atom stereocenters. The molecule has 22 heavy (non-hydrogen) atoms. The molecular formula is C15H18BrClN4O. The van der Waals surface area contributed by atoms with Gasteiger partial charge in [-0.15, -0.1) is 12.4 Å². The lowest BCUT2D eigenvalue weighted by molar-refractivity contribution is 0.0939. The van der Waals surface area contributed by atoms with Gasteiger partial charge in [-0.1, -0.05) is 15.9 Å². The summed E-state index contributed by atoms with van der Waals surface area (Å²) in [4.78, 5) is 12.3. The van der Waals surface area contributed by atoms with Crippen LogP contribution in [0.4, 0.5) is 0 Å². The minimum Gasteiger partial charge on any atom is -0.348 e. The molecule has 5 nitrogen and oxygen atoms in total. The van der Waals surface area contributed by atoms with Gasteiger partial charge < -0.3 is 10.6 Å². The molecule has 2 aromatic rings. The normalized spacial score (nSPS) is 17.1. The van der Waals surface area contributed by atoms with Gasteiger partial charge in [-0.3, -0.25) is 4.79 Å². The van der Waals surface area contributed by atoms with E-state index in [2.05, 4.69) is 31.7 Å². The van der Waals surface area contributed by atoms with E-state index in [4.69, 9.17) is 0 Å². The van der Waals surface area contributed by atoms with Crippen molar-refractivity contribution in [1.82, 2.24) is 20.4 Å². The summed E-state index contributed by atoms with van der Waals surface area (Å²) < 4.78 is 2.80. The number of amides is 1. The predicted octanol–water partition coefficient (Wildman–Crippen LogP) is 2.46. The zero-order valence-corrected chi connectivity index (χ0v) is 14.6. The average molecular weight is 386 g/mol. The summed E-state index contributed by atoms with van der Waals surface area (Å²) >= 11 is 3.41. The molecule has 1 aromatic heterocycles. The van der Waals surface area contributed by atoms with E-state index in [1.165, 1.54) is 0 Å². The predicted molar refractivity (Wildman–Crippen MR) is 92.0 cm³/mol. The quantitative estimate of drug-likeness (QED) is 0.853. The maximum absolute atomic E-state index is 12.3. The number of nitrogens with one attached hydrogen (secondary N) is 2. The van der Waals surface area contributed by atoms with E-state index in [0.29, 0.717) is 5.56 Å². The maximum Gasteiger partial charge on any atom is 0.255 e. The first-order valence-electron chi connectivity index (χ1n) is 6.97. The fourth-order valence-electron chi connectivity index (χ4n) is 2.52. The molecule has 1 atom stereocenters. The topological polar surface area (TPSA) is 59.0 Å². The van der Waals surface area contributed by atoms with Crippen molar-refractivity contribution in [2.45, 2.75) is 19.4 Å². The van der Waals surface area contributed by atoms with Crippen LogP contribution in [0.5, 0.6) is 0 Å². The molecule has 0 bridgehead atoms. The molecule has 0 radical (unpaired) electrons. The summed E-state index contributed by atoms with van der Waals surface area (Å²) in [5, 5.41) is 10.6.